The standard InChI is InChI=1S/C24H22ClF3N4O5.C24H23F3N4O5.2C18H12ClF3N4O4.C7H17NO5/c1-4-36-24(35)13-9-32(22-16(28)6-15(27)21(29)30-22)18-12(20(13)33)5-14(26)19(17(18)25)31-7-11(8-31)37-23(34)10(2)3;1-4-35-24(34)14-10-31(22-17(27)6-16(26)21(28)29-22)18-7-19(15(25)5-13(18)20(14)32)30-8-12(9-30)36-23(33)11(2)3;2*19-12-13-7(1-9(20)14(12)25-3-6(27)4-25)15(28)8(18(29)30)5-26(13)17-11(22)2-10(21)16(23)24-17;1-8-2-4(10)6(12)7(13)5(11)3-9/h5-6,9-11H,4,7-8H2,1-3H3,(H2,29,30);5-7,10-12H,4,8-9H2,1-3H3,(H2,28,29);2*1-2,5-6,27H,3-4H2,(H2,23,24)(H,29,30);4-13H,2-3H2,1H3/p-1. The Balaban J connectivity index is 0.000000167. The van der Waals surface area contributed by atoms with Crippen LogP contribution in [0.2, 0.25) is 15.1 Å². The van der Waals surface area contributed by atoms with Crippen molar-refractivity contribution in [3.05, 3.63) is 227 Å². The molecule has 4 aromatic carbocycles. The molecule has 0 radical (unpaired) electrons. The molecule has 4 fully saturated rings. The molecule has 12 heterocycles. The van der Waals surface area contributed by atoms with E-state index in [0.29, 0.717) is 30.5 Å². The van der Waals surface area contributed by atoms with Crippen LogP contribution in [0.4, 0.5) is 98.7 Å². The van der Waals surface area contributed by atoms with E-state index in [1.54, 1.807) is 39.6 Å². The Kier molecular flexibility index (Phi) is 33.8. The third kappa shape index (κ3) is 22.4. The summed E-state index contributed by atoms with van der Waals surface area (Å²) in [7, 11) is 1.57. The third-order valence-electron chi connectivity index (χ3n) is 22.6. The molecule has 4 saturated heterocycles. The number of hydrogen-bond acceptors (Lipinski definition) is 35. The predicted molar refractivity (Wildman–Crippen MR) is 500 cm³/mol. The molecule has 0 bridgehead atoms. The minimum Gasteiger partial charge on any atom is -0.545 e. The average Bonchev–Trinajstić information content (AvgIpc) is 0.728. The number of pyridine rings is 8. The van der Waals surface area contributed by atoms with Crippen LogP contribution in [0, 0.1) is 81.6 Å². The molecule has 778 valence electrons. The van der Waals surface area contributed by atoms with Gasteiger partial charge in [0.1, 0.15) is 70.5 Å². The van der Waals surface area contributed by atoms with Crippen molar-refractivity contribution in [2.45, 2.75) is 90.4 Å². The minimum absolute atomic E-state index is 0.00974. The molecule has 4 aliphatic rings. The van der Waals surface area contributed by atoms with Gasteiger partial charge in [0.15, 0.2) is 98.5 Å². The molecule has 16 rings (SSSR count). The second-order valence-corrected chi connectivity index (χ2v) is 34.6. The molecule has 8 aromatic heterocycles. The van der Waals surface area contributed by atoms with Crippen LogP contribution in [0.15, 0.2) is 98.6 Å². The van der Waals surface area contributed by atoms with E-state index in [1.807, 2.05) is 0 Å². The largest absolute Gasteiger partial charge is 0.545 e. The fraction of sp³-hybridized carbons (Fsp3) is 0.319. The van der Waals surface area contributed by atoms with Crippen LogP contribution in [-0.4, -0.2) is 249 Å². The van der Waals surface area contributed by atoms with E-state index in [9.17, 15) is 117 Å². The SMILES string of the molecule is CCOC(=O)c1cn(-c2nc(N)c(F)cc2F)c2c(Cl)c(N3CC(OC(=O)C(C)C)C3)c(F)cc2c1=O.CCOC(=O)c1cn(-c2nc(N)c(F)cc2F)c2cc(N3CC(OC(=O)C(C)C)C3)c(F)cc2c1=O.CNCC(O)C(O)C(O)C(O)CO.Nc1nc(-n2cc(C(=O)O)c(=O)c3cc(F)c(N4CC(O)C4)c(Cl)c32)c(F)cc1F.Nc1nc(-n2cc(C(=O)[O-])c(=O)c3cc(F)c(N4CC(O)C4)c(Cl)c32)c(F)cc1F. The molecule has 0 spiro atoms. The van der Waals surface area contributed by atoms with Crippen LogP contribution in [0.1, 0.15) is 83.0 Å². The number of nitrogen functional groups attached to an aromatic ring is 4. The lowest BCUT2D eigenvalue weighted by Gasteiger charge is -2.41. The molecular weight excluding hydrogens is 2030 g/mol. The highest BCUT2D eigenvalue weighted by Crippen LogP contribution is 2.44. The average molecular weight is 2120 g/mol. The van der Waals surface area contributed by atoms with Crippen LogP contribution in [0.3, 0.4) is 0 Å². The lowest BCUT2D eigenvalue weighted by molar-refractivity contribution is -0.255. The fourth-order valence-corrected chi connectivity index (χ4v) is 16.3. The Bertz CT molecular complexity index is 7310. The second kappa shape index (κ2) is 44.9. The van der Waals surface area contributed by atoms with Crippen molar-refractivity contribution in [3.63, 3.8) is 0 Å². The number of carboxylic acid groups (broad SMARTS) is 2. The molecule has 55 heteroatoms. The highest BCUT2D eigenvalue weighted by Gasteiger charge is 2.40. The van der Waals surface area contributed by atoms with Crippen LogP contribution in [-0.2, 0) is 28.5 Å². The Morgan fingerprint density at radius 3 is 1.06 bits per heavy atom. The number of rotatable bonds is 24. The van der Waals surface area contributed by atoms with Crippen molar-refractivity contribution in [3.8, 4) is 23.3 Å². The topological polar surface area (TPSA) is 593 Å². The first-order valence-corrected chi connectivity index (χ1v) is 44.4. The first kappa shape index (κ1) is 110. The van der Waals surface area contributed by atoms with Crippen LogP contribution >= 0.6 is 34.8 Å². The fourth-order valence-electron chi connectivity index (χ4n) is 15.1. The van der Waals surface area contributed by atoms with Gasteiger partial charge in [-0.1, -0.05) is 62.5 Å². The molecular formula is C91H85Cl3F12N17O23-. The number of nitrogens with one attached hydrogen (secondary N) is 1. The van der Waals surface area contributed by atoms with E-state index >= 15 is 8.78 Å². The molecule has 40 nitrogen and oxygen atoms in total. The number of halogens is 15. The number of benzene rings is 4. The number of carbonyl (C=O) groups is 6. The molecule has 0 aliphatic carbocycles. The highest BCUT2D eigenvalue weighted by molar-refractivity contribution is 6.39. The quantitative estimate of drug-likeness (QED) is 0.0196. The van der Waals surface area contributed by atoms with Crippen molar-refractivity contribution in [1.82, 2.24) is 43.5 Å². The second-order valence-electron chi connectivity index (χ2n) is 33.4. The maximum absolute atomic E-state index is 15.3. The molecule has 4 atom stereocenters. The Morgan fingerprint density at radius 1 is 0.432 bits per heavy atom. The smallest absolute Gasteiger partial charge is 0.343 e. The first-order chi connectivity index (χ1) is 68.7. The number of nitrogens with two attached hydrogens (primary N) is 4. The number of aliphatic hydroxyl groups excluding tert-OH is 7. The summed E-state index contributed by atoms with van der Waals surface area (Å²) in [5.74, 6) is -25.0. The molecule has 4 unspecified atom stereocenters. The maximum Gasteiger partial charge on any atom is 0.343 e. The molecule has 17 N–H and O–H groups in total. The minimum atomic E-state index is -1.90. The number of carbonyl (C=O) groups excluding carboxylic acids is 5. The Labute approximate surface area is 827 Å². The van der Waals surface area contributed by atoms with Gasteiger partial charge in [0.2, 0.25) is 16.3 Å². The number of esters is 4. The van der Waals surface area contributed by atoms with Crippen LogP contribution in [0.25, 0.3) is 66.9 Å². The normalized spacial score (nSPS) is 14.5. The van der Waals surface area contributed by atoms with E-state index in [0.717, 1.165) is 61.1 Å². The zero-order chi connectivity index (χ0) is 108. The maximum atomic E-state index is 15.3. The van der Waals surface area contributed by atoms with E-state index in [-0.39, 0.29) is 161 Å². The molecule has 0 saturated carbocycles. The van der Waals surface area contributed by atoms with Gasteiger partial charge in [-0.3, -0.25) is 47.0 Å². The van der Waals surface area contributed by atoms with Crippen molar-refractivity contribution in [2.24, 2.45) is 11.8 Å². The summed E-state index contributed by atoms with van der Waals surface area (Å²) < 4.78 is 197. The summed E-state index contributed by atoms with van der Waals surface area (Å²) in [6, 6.07) is 6.43. The monoisotopic (exact) mass is 2120 g/mol. The van der Waals surface area contributed by atoms with Crippen LogP contribution < -0.4 is 74.7 Å². The highest BCUT2D eigenvalue weighted by atomic mass is 35.5. The third-order valence-corrected chi connectivity index (χ3v) is 23.7. The Morgan fingerprint density at radius 2 is 0.733 bits per heavy atom. The molecule has 4 aliphatic heterocycles. The molecule has 0 amide bonds. The number of β-amino-alcohol motifs (C(OH)–C–C–N with tert-alkyl or cyclic N) is 2. The van der Waals surface area contributed by atoms with Gasteiger partial charge in [0.05, 0.1) is 169 Å². The van der Waals surface area contributed by atoms with Crippen molar-refractivity contribution < 1.29 is 146 Å². The summed E-state index contributed by atoms with van der Waals surface area (Å²) >= 11 is 19.3. The molecule has 146 heavy (non-hydrogen) atoms. The lowest BCUT2D eigenvalue weighted by Crippen LogP contribution is -2.53. The van der Waals surface area contributed by atoms with Crippen LogP contribution in [0.5, 0.6) is 0 Å². The number of likely N-dealkylation sites (N-methyl/N-ethyl adjacent to an activating group) is 1. The number of ether oxygens (including phenoxy) is 4. The Hall–Kier alpha value is -14.8. The number of carboxylic acids is 2. The van der Waals surface area contributed by atoms with E-state index < -0.39 is 256 Å². The predicted octanol–water partition coefficient (Wildman–Crippen LogP) is 5.70. The number of hydrogen-bond donors (Lipinski definition) is 13. The number of nitrogens with zero attached hydrogens (tertiary/aromatic N) is 12. The van der Waals surface area contributed by atoms with Crippen molar-refractivity contribution in [1.29, 1.82) is 0 Å². The van der Waals surface area contributed by atoms with Gasteiger partial charge < -0.3 is 118 Å². The van der Waals surface area contributed by atoms with Gasteiger partial charge in [-0.2, -0.15) is 0 Å². The first-order valence-electron chi connectivity index (χ1n) is 43.3. The zero-order valence-electron chi connectivity index (χ0n) is 76.8. The zero-order valence-corrected chi connectivity index (χ0v) is 79.1. The summed E-state index contributed by atoms with van der Waals surface area (Å²) in [5, 5.41) is 84.7. The van der Waals surface area contributed by atoms with Gasteiger partial charge in [-0.05, 0) is 51.2 Å². The van der Waals surface area contributed by atoms with Crippen molar-refractivity contribution in [2.75, 3.05) is 128 Å². The van der Waals surface area contributed by atoms with Gasteiger partial charge in [-0.15, -0.1) is 0 Å². The van der Waals surface area contributed by atoms with Gasteiger partial charge in [0.25, 0.3) is 0 Å². The van der Waals surface area contributed by atoms with Crippen molar-refractivity contribution >= 4 is 160 Å². The van der Waals surface area contributed by atoms with Gasteiger partial charge in [0, 0.05) is 81.8 Å². The number of aromatic nitrogens is 8. The van der Waals surface area contributed by atoms with Gasteiger partial charge in [-0.25, -0.2) is 87.0 Å². The summed E-state index contributed by atoms with van der Waals surface area (Å²) in [6.07, 6.45) is -4.64. The number of aromatic carboxylic acids is 2. The lowest BCUT2D eigenvalue weighted by atomic mass is 10.0. The van der Waals surface area contributed by atoms with Gasteiger partial charge >= 0.3 is 29.8 Å². The number of anilines is 8. The summed E-state index contributed by atoms with van der Waals surface area (Å²) in [4.78, 5) is 143. The summed E-state index contributed by atoms with van der Waals surface area (Å²) in [5.41, 5.74) is 14.0. The van der Waals surface area contributed by atoms with E-state index in [2.05, 4.69) is 25.3 Å². The number of aliphatic hydroxyl groups is 7. The molecule has 12 aromatic rings. The van der Waals surface area contributed by atoms with E-state index in [1.165, 1.54) is 34.6 Å². The summed E-state index contributed by atoms with van der Waals surface area (Å²) in [6.45, 7) is 9.97. The van der Waals surface area contributed by atoms with E-state index in [4.69, 9.17) is 97.1 Å². The number of fused-ring (bicyclic) bond motifs is 4.